The lowest BCUT2D eigenvalue weighted by molar-refractivity contribution is -0.121. The number of aromatic nitrogens is 1. The Labute approximate surface area is 148 Å². The quantitative estimate of drug-likeness (QED) is 0.730. The summed E-state index contributed by atoms with van der Waals surface area (Å²) in [6, 6.07) is 8.51. The number of carbonyl (C=O) groups is 1. The lowest BCUT2D eigenvalue weighted by Crippen LogP contribution is -2.40. The molecular weight excluding hydrogens is 318 g/mol. The normalized spacial score (nSPS) is 12.1. The molecule has 1 aromatic carbocycles. The summed E-state index contributed by atoms with van der Waals surface area (Å²) in [6.07, 6.45) is 4.47. The summed E-state index contributed by atoms with van der Waals surface area (Å²) in [5.41, 5.74) is 8.97. The fraction of sp³-hybridized carbons (Fsp3) is 0.474. The van der Waals surface area contributed by atoms with E-state index in [0.29, 0.717) is 13.0 Å². The Morgan fingerprint density at radius 1 is 1.29 bits per heavy atom. The van der Waals surface area contributed by atoms with Crippen molar-refractivity contribution in [1.82, 2.24) is 10.3 Å². The fourth-order valence-electron chi connectivity index (χ4n) is 2.55. The van der Waals surface area contributed by atoms with Crippen LogP contribution in [0.2, 0.25) is 0 Å². The standard InChI is InChI=1S/C19H27N3OS/c1-3-5-6-16(12-20)21-18(23)11-17-13-24-19(22-17)15-9-7-14(4-2)8-10-15/h7-10,13,16H,3-6,11-12,20H2,1-2H3,(H,21,23). The molecule has 1 atom stereocenters. The fourth-order valence-corrected chi connectivity index (χ4v) is 3.37. The van der Waals surface area contributed by atoms with Crippen molar-refractivity contribution < 1.29 is 4.79 Å². The lowest BCUT2D eigenvalue weighted by atomic mass is 10.1. The SMILES string of the molecule is CCCCC(CN)NC(=O)Cc1csc(-c2ccc(CC)cc2)n1. The number of aryl methyl sites for hydroxylation is 1. The van der Waals surface area contributed by atoms with Gasteiger partial charge in [-0.3, -0.25) is 4.79 Å². The zero-order valence-electron chi connectivity index (χ0n) is 14.5. The maximum Gasteiger partial charge on any atom is 0.226 e. The highest BCUT2D eigenvalue weighted by Crippen LogP contribution is 2.24. The third kappa shape index (κ3) is 5.42. The maximum atomic E-state index is 12.2. The van der Waals surface area contributed by atoms with Crippen molar-refractivity contribution in [3.63, 3.8) is 0 Å². The van der Waals surface area contributed by atoms with Crippen LogP contribution in [0.5, 0.6) is 0 Å². The number of nitrogens with one attached hydrogen (secondary N) is 1. The van der Waals surface area contributed by atoms with E-state index in [1.807, 2.05) is 5.38 Å². The van der Waals surface area contributed by atoms with E-state index in [9.17, 15) is 4.79 Å². The molecule has 0 aliphatic carbocycles. The number of hydrogen-bond acceptors (Lipinski definition) is 4. The van der Waals surface area contributed by atoms with E-state index in [4.69, 9.17) is 5.73 Å². The van der Waals surface area contributed by atoms with E-state index in [2.05, 4.69) is 48.4 Å². The molecule has 1 unspecified atom stereocenters. The van der Waals surface area contributed by atoms with Gasteiger partial charge in [-0.1, -0.05) is 51.0 Å². The van der Waals surface area contributed by atoms with Crippen molar-refractivity contribution in [3.05, 3.63) is 40.9 Å². The van der Waals surface area contributed by atoms with Crippen LogP contribution in [0.3, 0.4) is 0 Å². The van der Waals surface area contributed by atoms with Gasteiger partial charge < -0.3 is 11.1 Å². The van der Waals surface area contributed by atoms with Gasteiger partial charge in [-0.05, 0) is 18.4 Å². The second-order valence-electron chi connectivity index (χ2n) is 6.01. The molecule has 130 valence electrons. The molecule has 1 aromatic heterocycles. The first kappa shape index (κ1) is 18.6. The van der Waals surface area contributed by atoms with Crippen LogP contribution in [-0.4, -0.2) is 23.5 Å². The minimum Gasteiger partial charge on any atom is -0.352 e. The summed E-state index contributed by atoms with van der Waals surface area (Å²) in [6.45, 7) is 4.77. The van der Waals surface area contributed by atoms with Crippen LogP contribution in [0.15, 0.2) is 29.6 Å². The molecule has 0 aliphatic heterocycles. The Hall–Kier alpha value is -1.72. The van der Waals surface area contributed by atoms with Crippen LogP contribution >= 0.6 is 11.3 Å². The van der Waals surface area contributed by atoms with Crippen molar-refractivity contribution >= 4 is 17.2 Å². The second kappa shape index (κ2) is 9.55. The predicted molar refractivity (Wildman–Crippen MR) is 101 cm³/mol. The second-order valence-corrected chi connectivity index (χ2v) is 6.87. The van der Waals surface area contributed by atoms with Crippen LogP contribution in [-0.2, 0) is 17.6 Å². The van der Waals surface area contributed by atoms with Gasteiger partial charge in [0.25, 0.3) is 0 Å². The molecule has 0 radical (unpaired) electrons. The molecule has 0 aliphatic rings. The molecule has 3 N–H and O–H groups in total. The Balaban J connectivity index is 1.93. The number of carbonyl (C=O) groups excluding carboxylic acids is 1. The van der Waals surface area contributed by atoms with Gasteiger partial charge in [-0.25, -0.2) is 4.98 Å². The Morgan fingerprint density at radius 2 is 2.04 bits per heavy atom. The highest BCUT2D eigenvalue weighted by atomic mass is 32.1. The van der Waals surface area contributed by atoms with Crippen LogP contribution in [0.4, 0.5) is 0 Å². The third-order valence-electron chi connectivity index (χ3n) is 4.06. The average molecular weight is 346 g/mol. The molecular formula is C19H27N3OS. The summed E-state index contributed by atoms with van der Waals surface area (Å²) in [7, 11) is 0. The number of nitrogens with two attached hydrogens (primary N) is 1. The number of benzene rings is 1. The van der Waals surface area contributed by atoms with Gasteiger partial charge in [0, 0.05) is 23.5 Å². The summed E-state index contributed by atoms with van der Waals surface area (Å²) >= 11 is 1.58. The molecule has 0 fully saturated rings. The van der Waals surface area contributed by atoms with Crippen molar-refractivity contribution in [1.29, 1.82) is 0 Å². The number of thiazole rings is 1. The van der Waals surface area contributed by atoms with Gasteiger partial charge in [0.15, 0.2) is 0 Å². The van der Waals surface area contributed by atoms with E-state index in [1.165, 1.54) is 5.56 Å². The van der Waals surface area contributed by atoms with E-state index < -0.39 is 0 Å². The van der Waals surface area contributed by atoms with Gasteiger partial charge in [0.05, 0.1) is 12.1 Å². The Kier molecular flexibility index (Phi) is 7.40. The molecule has 2 rings (SSSR count). The van der Waals surface area contributed by atoms with Gasteiger partial charge >= 0.3 is 0 Å². The third-order valence-corrected chi connectivity index (χ3v) is 5.00. The van der Waals surface area contributed by atoms with Gasteiger partial charge in [0.2, 0.25) is 5.91 Å². The van der Waals surface area contributed by atoms with Crippen LogP contribution < -0.4 is 11.1 Å². The smallest absolute Gasteiger partial charge is 0.226 e. The molecule has 5 heteroatoms. The average Bonchev–Trinajstić information content (AvgIpc) is 3.07. The molecule has 0 saturated heterocycles. The van der Waals surface area contributed by atoms with Crippen LogP contribution in [0, 0.1) is 0 Å². The van der Waals surface area contributed by atoms with Crippen molar-refractivity contribution in [3.8, 4) is 10.6 Å². The summed E-state index contributed by atoms with van der Waals surface area (Å²) in [4.78, 5) is 16.8. The molecule has 2 aromatic rings. The van der Waals surface area contributed by atoms with Gasteiger partial charge in [-0.15, -0.1) is 11.3 Å². The molecule has 24 heavy (non-hydrogen) atoms. The summed E-state index contributed by atoms with van der Waals surface area (Å²) < 4.78 is 0. The topological polar surface area (TPSA) is 68.0 Å². The number of hydrogen-bond donors (Lipinski definition) is 2. The van der Waals surface area contributed by atoms with Crippen molar-refractivity contribution in [2.45, 2.75) is 52.0 Å². The highest BCUT2D eigenvalue weighted by Gasteiger charge is 2.13. The van der Waals surface area contributed by atoms with Gasteiger partial charge in [0.1, 0.15) is 5.01 Å². The number of unbranched alkanes of at least 4 members (excludes halogenated alkanes) is 1. The molecule has 1 heterocycles. The number of amides is 1. The van der Waals surface area contributed by atoms with E-state index in [-0.39, 0.29) is 11.9 Å². The number of nitrogens with zero attached hydrogens (tertiary/aromatic N) is 1. The van der Waals surface area contributed by atoms with Gasteiger partial charge in [-0.2, -0.15) is 0 Å². The molecule has 1 amide bonds. The largest absolute Gasteiger partial charge is 0.352 e. The molecule has 4 nitrogen and oxygen atoms in total. The minimum absolute atomic E-state index is 0.000246. The van der Waals surface area contributed by atoms with E-state index in [1.54, 1.807) is 11.3 Å². The zero-order chi connectivity index (χ0) is 17.4. The predicted octanol–water partition coefficient (Wildman–Crippen LogP) is 3.55. The van der Waals surface area contributed by atoms with E-state index in [0.717, 1.165) is 41.9 Å². The minimum atomic E-state index is -0.000246. The highest BCUT2D eigenvalue weighted by molar-refractivity contribution is 7.13. The Bertz CT molecular complexity index is 636. The Morgan fingerprint density at radius 3 is 2.67 bits per heavy atom. The first-order chi connectivity index (χ1) is 11.7. The monoisotopic (exact) mass is 345 g/mol. The molecule has 0 saturated carbocycles. The van der Waals surface area contributed by atoms with Crippen LogP contribution in [0.1, 0.15) is 44.4 Å². The van der Waals surface area contributed by atoms with E-state index >= 15 is 0 Å². The summed E-state index contributed by atoms with van der Waals surface area (Å²) in [5.74, 6) is -0.000246. The summed E-state index contributed by atoms with van der Waals surface area (Å²) in [5, 5.41) is 5.94. The molecule has 0 bridgehead atoms. The van der Waals surface area contributed by atoms with Crippen molar-refractivity contribution in [2.75, 3.05) is 6.54 Å². The maximum absolute atomic E-state index is 12.2. The number of rotatable bonds is 9. The zero-order valence-corrected chi connectivity index (χ0v) is 15.4. The van der Waals surface area contributed by atoms with Crippen molar-refractivity contribution in [2.24, 2.45) is 5.73 Å². The first-order valence-electron chi connectivity index (χ1n) is 8.69. The molecule has 0 spiro atoms. The lowest BCUT2D eigenvalue weighted by Gasteiger charge is -2.15. The first-order valence-corrected chi connectivity index (χ1v) is 9.57. The van der Waals surface area contributed by atoms with Crippen LogP contribution in [0.25, 0.3) is 10.6 Å².